The molecule has 1 heterocycles. The molecule has 0 aromatic carbocycles. The summed E-state index contributed by atoms with van der Waals surface area (Å²) in [5.41, 5.74) is 0. The molecule has 0 bridgehead atoms. The van der Waals surface area contributed by atoms with E-state index in [0.29, 0.717) is 25.7 Å². The van der Waals surface area contributed by atoms with Crippen LogP contribution < -0.4 is 5.32 Å². The fraction of sp³-hybridized carbons (Fsp3) is 0.800. The zero-order valence-corrected chi connectivity index (χ0v) is 8.13. The Labute approximate surface area is 80.1 Å². The molecule has 1 fully saturated rings. The van der Waals surface area contributed by atoms with E-state index in [2.05, 4.69) is 11.9 Å². The maximum Gasteiger partial charge on any atom is 0.0704 e. The molecule has 76 valence electrons. The van der Waals surface area contributed by atoms with Crippen molar-refractivity contribution in [2.75, 3.05) is 39.5 Å². The van der Waals surface area contributed by atoms with Gasteiger partial charge in [-0.1, -0.05) is 6.08 Å². The second-order valence-corrected chi connectivity index (χ2v) is 3.30. The lowest BCUT2D eigenvalue weighted by molar-refractivity contribution is 0.0447. The molecule has 0 aromatic rings. The van der Waals surface area contributed by atoms with Gasteiger partial charge in [0.25, 0.3) is 0 Å². The van der Waals surface area contributed by atoms with Crippen LogP contribution in [0.25, 0.3) is 0 Å². The average molecular weight is 185 g/mol. The summed E-state index contributed by atoms with van der Waals surface area (Å²) in [6.07, 6.45) is 2.99. The molecule has 3 heteroatoms. The Morgan fingerprint density at radius 3 is 2.92 bits per heavy atom. The SMILES string of the molecule is C=CCOCCOC[C@@H]1CCNC1. The van der Waals surface area contributed by atoms with Crippen LogP contribution in [0.2, 0.25) is 0 Å². The maximum atomic E-state index is 5.46. The number of nitrogens with one attached hydrogen (secondary N) is 1. The van der Waals surface area contributed by atoms with E-state index in [9.17, 15) is 0 Å². The molecule has 1 saturated heterocycles. The first-order valence-corrected chi connectivity index (χ1v) is 4.90. The fourth-order valence-electron chi connectivity index (χ4n) is 1.39. The van der Waals surface area contributed by atoms with Crippen LogP contribution >= 0.6 is 0 Å². The van der Waals surface area contributed by atoms with Crippen LogP contribution in [0.15, 0.2) is 12.7 Å². The van der Waals surface area contributed by atoms with Gasteiger partial charge in [0, 0.05) is 6.54 Å². The monoisotopic (exact) mass is 185 g/mol. The van der Waals surface area contributed by atoms with Crippen molar-refractivity contribution in [3.63, 3.8) is 0 Å². The van der Waals surface area contributed by atoms with Crippen molar-refractivity contribution in [2.24, 2.45) is 5.92 Å². The minimum absolute atomic E-state index is 0.619. The normalized spacial score (nSPS) is 22.0. The van der Waals surface area contributed by atoms with Crippen molar-refractivity contribution < 1.29 is 9.47 Å². The van der Waals surface area contributed by atoms with Gasteiger partial charge in [-0.15, -0.1) is 6.58 Å². The molecule has 0 amide bonds. The van der Waals surface area contributed by atoms with E-state index in [0.717, 1.165) is 19.7 Å². The molecular formula is C10H19NO2. The highest BCUT2D eigenvalue weighted by atomic mass is 16.5. The van der Waals surface area contributed by atoms with Gasteiger partial charge in [0.1, 0.15) is 0 Å². The van der Waals surface area contributed by atoms with Gasteiger partial charge >= 0.3 is 0 Å². The number of rotatable bonds is 7. The average Bonchev–Trinajstić information content (AvgIpc) is 2.63. The van der Waals surface area contributed by atoms with E-state index in [4.69, 9.17) is 9.47 Å². The molecule has 0 unspecified atom stereocenters. The lowest BCUT2D eigenvalue weighted by Gasteiger charge is -2.08. The Morgan fingerprint density at radius 1 is 1.38 bits per heavy atom. The second-order valence-electron chi connectivity index (χ2n) is 3.30. The van der Waals surface area contributed by atoms with Crippen molar-refractivity contribution >= 4 is 0 Å². The standard InChI is InChI=1S/C10H19NO2/c1-2-5-12-6-7-13-9-10-3-4-11-8-10/h2,10-11H,1,3-9H2/t10-/m1/s1. The van der Waals surface area contributed by atoms with E-state index in [1.807, 2.05) is 0 Å². The minimum atomic E-state index is 0.619. The maximum absolute atomic E-state index is 5.46. The second kappa shape index (κ2) is 7.06. The third-order valence-corrected chi connectivity index (χ3v) is 2.12. The quantitative estimate of drug-likeness (QED) is 0.470. The molecule has 1 N–H and O–H groups in total. The summed E-state index contributed by atoms with van der Waals surface area (Å²) in [6, 6.07) is 0. The third-order valence-electron chi connectivity index (χ3n) is 2.12. The van der Waals surface area contributed by atoms with Crippen LogP contribution in [0.5, 0.6) is 0 Å². The molecule has 0 spiro atoms. The zero-order valence-electron chi connectivity index (χ0n) is 8.13. The van der Waals surface area contributed by atoms with Crippen molar-refractivity contribution in [1.82, 2.24) is 5.32 Å². The fourth-order valence-corrected chi connectivity index (χ4v) is 1.39. The Kier molecular flexibility index (Phi) is 5.81. The smallest absolute Gasteiger partial charge is 0.0704 e. The van der Waals surface area contributed by atoms with Crippen molar-refractivity contribution in [3.8, 4) is 0 Å². The first-order chi connectivity index (χ1) is 6.43. The predicted molar refractivity (Wildman–Crippen MR) is 52.8 cm³/mol. The Morgan fingerprint density at radius 2 is 2.23 bits per heavy atom. The molecule has 0 saturated carbocycles. The highest BCUT2D eigenvalue weighted by Gasteiger charge is 2.13. The van der Waals surface area contributed by atoms with Gasteiger partial charge in [-0.2, -0.15) is 0 Å². The van der Waals surface area contributed by atoms with Gasteiger partial charge < -0.3 is 14.8 Å². The van der Waals surface area contributed by atoms with Crippen molar-refractivity contribution in [1.29, 1.82) is 0 Å². The lowest BCUT2D eigenvalue weighted by atomic mass is 10.1. The van der Waals surface area contributed by atoms with Crippen LogP contribution in [0, 0.1) is 5.92 Å². The molecule has 0 aromatic heterocycles. The Balaban J connectivity index is 1.80. The third kappa shape index (κ3) is 5.03. The van der Waals surface area contributed by atoms with Gasteiger partial charge in [0.05, 0.1) is 26.4 Å². The van der Waals surface area contributed by atoms with E-state index in [1.165, 1.54) is 6.42 Å². The molecule has 3 nitrogen and oxygen atoms in total. The first kappa shape index (κ1) is 10.7. The van der Waals surface area contributed by atoms with Crippen molar-refractivity contribution in [2.45, 2.75) is 6.42 Å². The van der Waals surface area contributed by atoms with Crippen LogP contribution in [0.1, 0.15) is 6.42 Å². The highest BCUT2D eigenvalue weighted by molar-refractivity contribution is 4.70. The van der Waals surface area contributed by atoms with Crippen LogP contribution in [-0.2, 0) is 9.47 Å². The van der Waals surface area contributed by atoms with E-state index in [1.54, 1.807) is 6.08 Å². The summed E-state index contributed by atoms with van der Waals surface area (Å²) in [4.78, 5) is 0. The summed E-state index contributed by atoms with van der Waals surface area (Å²) < 4.78 is 10.7. The topological polar surface area (TPSA) is 30.5 Å². The largest absolute Gasteiger partial charge is 0.379 e. The minimum Gasteiger partial charge on any atom is -0.379 e. The van der Waals surface area contributed by atoms with E-state index >= 15 is 0 Å². The number of hydrogen-bond acceptors (Lipinski definition) is 3. The molecule has 1 atom stereocenters. The molecule has 1 aliphatic heterocycles. The number of hydrogen-bond donors (Lipinski definition) is 1. The van der Waals surface area contributed by atoms with Crippen LogP contribution in [-0.4, -0.2) is 39.5 Å². The Bertz CT molecular complexity index is 133. The molecule has 1 rings (SSSR count). The summed E-state index contributed by atoms with van der Waals surface area (Å²) >= 11 is 0. The molecule has 13 heavy (non-hydrogen) atoms. The van der Waals surface area contributed by atoms with E-state index < -0.39 is 0 Å². The summed E-state index contributed by atoms with van der Waals surface area (Å²) in [5, 5.41) is 3.31. The first-order valence-electron chi connectivity index (χ1n) is 4.90. The van der Waals surface area contributed by atoms with Gasteiger partial charge in [0.2, 0.25) is 0 Å². The Hall–Kier alpha value is -0.380. The molecular weight excluding hydrogens is 166 g/mol. The summed E-state index contributed by atoms with van der Waals surface area (Å²) in [6.45, 7) is 8.67. The molecule has 0 aliphatic carbocycles. The van der Waals surface area contributed by atoms with Gasteiger partial charge in [-0.25, -0.2) is 0 Å². The lowest BCUT2D eigenvalue weighted by Crippen LogP contribution is -2.15. The highest BCUT2D eigenvalue weighted by Crippen LogP contribution is 2.06. The molecule has 1 aliphatic rings. The van der Waals surface area contributed by atoms with Crippen LogP contribution in [0.3, 0.4) is 0 Å². The van der Waals surface area contributed by atoms with Gasteiger partial charge in [-0.05, 0) is 18.9 Å². The summed E-state index contributed by atoms with van der Waals surface area (Å²) in [5.74, 6) is 0.708. The van der Waals surface area contributed by atoms with Gasteiger partial charge in [-0.3, -0.25) is 0 Å². The van der Waals surface area contributed by atoms with E-state index in [-0.39, 0.29) is 0 Å². The van der Waals surface area contributed by atoms with Crippen molar-refractivity contribution in [3.05, 3.63) is 12.7 Å². The molecule has 0 radical (unpaired) electrons. The predicted octanol–water partition coefficient (Wildman–Crippen LogP) is 0.815. The van der Waals surface area contributed by atoms with Crippen LogP contribution in [0.4, 0.5) is 0 Å². The number of ether oxygens (including phenoxy) is 2. The zero-order chi connectivity index (χ0) is 9.36. The summed E-state index contributed by atoms with van der Waals surface area (Å²) in [7, 11) is 0. The van der Waals surface area contributed by atoms with Gasteiger partial charge in [0.15, 0.2) is 0 Å².